The minimum Gasteiger partial charge on any atom is -0.376 e. The van der Waals surface area contributed by atoms with Crippen LogP contribution in [0.1, 0.15) is 58.5 Å². The summed E-state index contributed by atoms with van der Waals surface area (Å²) < 4.78 is 24.6. The molecule has 1 aromatic carbocycles. The van der Waals surface area contributed by atoms with Gasteiger partial charge in [0.25, 0.3) is 0 Å². The predicted octanol–water partition coefficient (Wildman–Crippen LogP) is 6.05. The highest BCUT2D eigenvalue weighted by Crippen LogP contribution is 2.64. The molecule has 0 saturated heterocycles. The lowest BCUT2D eigenvalue weighted by molar-refractivity contribution is 0.0271. The van der Waals surface area contributed by atoms with Crippen LogP contribution >= 0.6 is 35.1 Å². The Hall–Kier alpha value is 0.1000. The van der Waals surface area contributed by atoms with Gasteiger partial charge in [0.05, 0.1) is 11.2 Å². The van der Waals surface area contributed by atoms with Gasteiger partial charge in [0.1, 0.15) is 0 Å². The van der Waals surface area contributed by atoms with Crippen LogP contribution in [0, 0.1) is 0 Å². The van der Waals surface area contributed by atoms with Crippen LogP contribution in [-0.4, -0.2) is 16.3 Å². The monoisotopic (exact) mass is 426 g/mol. The van der Waals surface area contributed by atoms with Crippen LogP contribution in [0.15, 0.2) is 18.2 Å². The smallest absolute Gasteiger partial charge is 0.364 e. The van der Waals surface area contributed by atoms with Crippen LogP contribution in [0.25, 0.3) is 0 Å². The fourth-order valence-corrected chi connectivity index (χ4v) is 4.98. The molecule has 1 unspecified atom stereocenters. The number of hydrogen-bond donors (Lipinski definition) is 1. The number of benzene rings is 1. The van der Waals surface area contributed by atoms with E-state index in [-0.39, 0.29) is 0 Å². The molecule has 0 aliphatic heterocycles. The van der Waals surface area contributed by atoms with Crippen LogP contribution in [0.4, 0.5) is 0 Å². The Labute approximate surface area is 152 Å². The highest BCUT2D eigenvalue weighted by Gasteiger charge is 2.43. The van der Waals surface area contributed by atoms with E-state index in [1.54, 1.807) is 59.7 Å². The van der Waals surface area contributed by atoms with Crippen LogP contribution in [0.3, 0.4) is 0 Å². The Morgan fingerprint density at radius 2 is 1.65 bits per heavy atom. The lowest BCUT2D eigenvalue weighted by Crippen LogP contribution is -2.26. The first-order chi connectivity index (χ1) is 10.3. The fourth-order valence-electron chi connectivity index (χ4n) is 1.92. The molecule has 1 aromatic rings. The Balaban J connectivity index is 3.28. The van der Waals surface area contributed by atoms with Crippen molar-refractivity contribution >= 4 is 35.1 Å². The Morgan fingerprint density at radius 3 is 2.00 bits per heavy atom. The zero-order valence-electron chi connectivity index (χ0n) is 14.4. The van der Waals surface area contributed by atoms with Crippen molar-refractivity contribution in [2.45, 2.75) is 63.9 Å². The number of rotatable bonds is 5. The Morgan fingerprint density at radius 1 is 1.17 bits per heavy atom. The summed E-state index contributed by atoms with van der Waals surface area (Å²) in [5, 5.41) is 11.7. The van der Waals surface area contributed by atoms with Gasteiger partial charge in [-0.15, -0.1) is 0 Å². The van der Waals surface area contributed by atoms with E-state index in [0.29, 0.717) is 15.9 Å². The van der Waals surface area contributed by atoms with Crippen molar-refractivity contribution in [3.05, 3.63) is 34.3 Å². The molecule has 4 nitrogen and oxygen atoms in total. The van der Waals surface area contributed by atoms with Crippen LogP contribution in [0.2, 0.25) is 5.02 Å². The molecule has 7 heteroatoms. The van der Waals surface area contributed by atoms with Gasteiger partial charge >= 0.3 is 7.60 Å². The van der Waals surface area contributed by atoms with E-state index >= 15 is 0 Å². The normalized spacial score (nSPS) is 14.8. The maximum absolute atomic E-state index is 13.3. The first-order valence-corrected chi connectivity index (χ1v) is 10.4. The van der Waals surface area contributed by atoms with E-state index in [9.17, 15) is 9.67 Å². The van der Waals surface area contributed by atoms with Crippen molar-refractivity contribution in [2.24, 2.45) is 0 Å². The van der Waals surface area contributed by atoms with Gasteiger partial charge in [-0.25, -0.2) is 0 Å². The molecule has 1 N–H and O–H groups in total. The van der Waals surface area contributed by atoms with E-state index in [0.717, 1.165) is 5.56 Å². The van der Waals surface area contributed by atoms with Gasteiger partial charge in [-0.1, -0.05) is 39.7 Å². The van der Waals surface area contributed by atoms with Gasteiger partial charge in [0.15, 0.2) is 5.85 Å². The second-order valence-electron chi connectivity index (χ2n) is 7.31. The summed E-state index contributed by atoms with van der Waals surface area (Å²) in [6.45, 7) is 10.5. The lowest BCUT2D eigenvalue weighted by Gasteiger charge is -2.34. The predicted molar refractivity (Wildman–Crippen MR) is 98.3 cm³/mol. The standard InChI is InChI=1S/C16H25BrClO4P/c1-15(2,3)21-23(20,22-16(4,5)6)14(19)12-8-7-11(10-17)9-13(12)18/h7-9,14,19H,10H2,1-6H3. The molecule has 0 amide bonds. The van der Waals surface area contributed by atoms with Gasteiger partial charge < -0.3 is 14.2 Å². The molecule has 0 bridgehead atoms. The van der Waals surface area contributed by atoms with E-state index in [1.165, 1.54) is 0 Å². The number of aliphatic hydroxyl groups is 1. The fraction of sp³-hybridized carbons (Fsp3) is 0.625. The third kappa shape index (κ3) is 6.49. The van der Waals surface area contributed by atoms with Gasteiger partial charge in [0, 0.05) is 15.9 Å². The summed E-state index contributed by atoms with van der Waals surface area (Å²) in [6.07, 6.45) is 0. The average Bonchev–Trinajstić information content (AvgIpc) is 2.33. The summed E-state index contributed by atoms with van der Waals surface area (Å²) in [6, 6.07) is 5.17. The molecule has 0 spiro atoms. The number of halogens is 2. The highest BCUT2D eigenvalue weighted by molar-refractivity contribution is 9.08. The van der Waals surface area contributed by atoms with Crippen LogP contribution in [0.5, 0.6) is 0 Å². The minimum absolute atomic E-state index is 0.324. The largest absolute Gasteiger partial charge is 0.376 e. The molecule has 0 radical (unpaired) electrons. The number of aliphatic hydroxyl groups excluding tert-OH is 1. The van der Waals surface area contributed by atoms with Gasteiger partial charge in [-0.3, -0.25) is 4.57 Å². The van der Waals surface area contributed by atoms with Crippen molar-refractivity contribution in [3.63, 3.8) is 0 Å². The maximum Gasteiger partial charge on any atom is 0.364 e. The molecule has 0 aromatic heterocycles. The molecule has 132 valence electrons. The quantitative estimate of drug-likeness (QED) is 0.459. The zero-order chi connectivity index (χ0) is 18.1. The van der Waals surface area contributed by atoms with Crippen LogP contribution < -0.4 is 0 Å². The Kier molecular flexibility index (Phi) is 6.94. The molecule has 0 fully saturated rings. The van der Waals surface area contributed by atoms with Crippen molar-refractivity contribution in [1.82, 2.24) is 0 Å². The zero-order valence-corrected chi connectivity index (χ0v) is 17.6. The van der Waals surface area contributed by atoms with Gasteiger partial charge in [-0.05, 0) is 53.2 Å². The first-order valence-electron chi connectivity index (χ1n) is 7.31. The second kappa shape index (κ2) is 7.55. The Bertz CT molecular complexity index is 573. The molecule has 23 heavy (non-hydrogen) atoms. The molecule has 1 rings (SSSR count). The molecule has 1 atom stereocenters. The highest BCUT2D eigenvalue weighted by atomic mass is 79.9. The molecular formula is C16H25BrClO4P. The third-order valence-electron chi connectivity index (χ3n) is 2.60. The molecule has 0 aliphatic carbocycles. The van der Waals surface area contributed by atoms with Crippen molar-refractivity contribution in [2.75, 3.05) is 0 Å². The summed E-state index contributed by atoms with van der Waals surface area (Å²) in [4.78, 5) is 0. The molecule has 0 saturated carbocycles. The van der Waals surface area contributed by atoms with E-state index in [2.05, 4.69) is 15.9 Å². The number of alkyl halides is 1. The summed E-state index contributed by atoms with van der Waals surface area (Å²) >= 11 is 9.59. The minimum atomic E-state index is -3.87. The molecule has 0 heterocycles. The third-order valence-corrected chi connectivity index (χ3v) is 6.06. The molecule has 0 aliphatic rings. The lowest BCUT2D eigenvalue weighted by atomic mass is 10.1. The van der Waals surface area contributed by atoms with Crippen LogP contribution in [-0.2, 0) is 18.9 Å². The summed E-state index contributed by atoms with van der Waals surface area (Å²) in [7, 11) is -3.87. The van der Waals surface area contributed by atoms with Gasteiger partial charge in [0.2, 0.25) is 0 Å². The topological polar surface area (TPSA) is 55.8 Å². The van der Waals surface area contributed by atoms with E-state index in [4.69, 9.17) is 20.6 Å². The van der Waals surface area contributed by atoms with E-state index < -0.39 is 24.6 Å². The average molecular weight is 428 g/mol. The van der Waals surface area contributed by atoms with Crippen molar-refractivity contribution in [3.8, 4) is 0 Å². The second-order valence-corrected chi connectivity index (χ2v) is 10.2. The van der Waals surface area contributed by atoms with Crippen molar-refractivity contribution < 1.29 is 18.7 Å². The summed E-state index contributed by atoms with van der Waals surface area (Å²) in [5.41, 5.74) is -0.212. The van der Waals surface area contributed by atoms with Gasteiger partial charge in [-0.2, -0.15) is 0 Å². The maximum atomic E-state index is 13.3. The number of hydrogen-bond acceptors (Lipinski definition) is 4. The SMILES string of the molecule is CC(C)(C)OP(=O)(OC(C)(C)C)C(O)c1ccc(CBr)cc1Cl. The first kappa shape index (κ1) is 21.1. The van der Waals surface area contributed by atoms with Crippen molar-refractivity contribution in [1.29, 1.82) is 0 Å². The summed E-state index contributed by atoms with van der Waals surface area (Å²) in [5.74, 6) is -1.46. The molecular weight excluding hydrogens is 403 g/mol. The van der Waals surface area contributed by atoms with E-state index in [1.807, 2.05) is 0 Å².